The maximum atomic E-state index is 12.7. The van der Waals surface area contributed by atoms with E-state index in [1.54, 1.807) is 0 Å². The summed E-state index contributed by atoms with van der Waals surface area (Å²) in [6, 6.07) is 1.32. The zero-order valence-electron chi connectivity index (χ0n) is 13.8. The van der Waals surface area contributed by atoms with E-state index < -0.39 is 0 Å². The number of nitrogens with zero attached hydrogens (tertiary/aromatic N) is 2. The third-order valence-corrected chi connectivity index (χ3v) is 5.09. The van der Waals surface area contributed by atoms with E-state index in [1.807, 2.05) is 0 Å². The Hall–Kier alpha value is -0.320. The van der Waals surface area contributed by atoms with Crippen molar-refractivity contribution in [2.24, 2.45) is 5.73 Å². The van der Waals surface area contributed by atoms with Gasteiger partial charge in [0.05, 0.1) is 6.54 Å². The first-order valence-electron chi connectivity index (χ1n) is 8.31. The minimum atomic E-state index is 0. The molecule has 0 saturated carbocycles. The quantitative estimate of drug-likeness (QED) is 0.869. The van der Waals surface area contributed by atoms with Crippen molar-refractivity contribution < 1.29 is 4.79 Å². The van der Waals surface area contributed by atoms with Gasteiger partial charge in [-0.2, -0.15) is 0 Å². The van der Waals surface area contributed by atoms with Gasteiger partial charge in [0, 0.05) is 24.2 Å². The molecule has 0 aromatic heterocycles. The molecule has 0 spiro atoms. The molecule has 0 aromatic carbocycles. The molecule has 5 heteroatoms. The van der Waals surface area contributed by atoms with Crippen molar-refractivity contribution in [3.8, 4) is 0 Å². The summed E-state index contributed by atoms with van der Waals surface area (Å²) in [7, 11) is 0. The Morgan fingerprint density at radius 2 is 1.76 bits per heavy atom. The van der Waals surface area contributed by atoms with E-state index >= 15 is 0 Å². The highest BCUT2D eigenvalue weighted by molar-refractivity contribution is 5.85. The lowest BCUT2D eigenvalue weighted by Crippen LogP contribution is -2.55. The predicted octanol–water partition coefficient (Wildman–Crippen LogP) is 2.40. The first kappa shape index (κ1) is 18.7. The average molecular weight is 318 g/mol. The predicted molar refractivity (Wildman–Crippen MR) is 89.7 cm³/mol. The minimum Gasteiger partial charge on any atom is -0.336 e. The molecular formula is C16H32ClN3O. The highest BCUT2D eigenvalue weighted by atomic mass is 35.5. The summed E-state index contributed by atoms with van der Waals surface area (Å²) in [5.41, 5.74) is 6.10. The fourth-order valence-electron chi connectivity index (χ4n) is 3.98. The summed E-state index contributed by atoms with van der Waals surface area (Å²) < 4.78 is 0. The number of piperidine rings is 2. The van der Waals surface area contributed by atoms with E-state index in [2.05, 4.69) is 30.6 Å². The number of rotatable bonds is 3. The summed E-state index contributed by atoms with van der Waals surface area (Å²) in [5.74, 6) is 0.303. The fraction of sp³-hybridized carbons (Fsp3) is 0.938. The number of halogens is 1. The lowest BCUT2D eigenvalue weighted by Gasteiger charge is -2.42. The van der Waals surface area contributed by atoms with E-state index in [4.69, 9.17) is 5.73 Å². The Morgan fingerprint density at radius 3 is 2.33 bits per heavy atom. The van der Waals surface area contributed by atoms with Gasteiger partial charge in [-0.25, -0.2) is 0 Å². The highest BCUT2D eigenvalue weighted by Crippen LogP contribution is 2.24. The Kier molecular flexibility index (Phi) is 7.45. The van der Waals surface area contributed by atoms with Gasteiger partial charge in [0.1, 0.15) is 0 Å². The SMILES string of the molecule is CC(N)C1CCCCN1CC(=O)N1C(C)CCCC1C.Cl. The van der Waals surface area contributed by atoms with Gasteiger partial charge in [0.15, 0.2) is 0 Å². The van der Waals surface area contributed by atoms with Crippen LogP contribution in [-0.2, 0) is 4.79 Å². The maximum absolute atomic E-state index is 12.7. The van der Waals surface area contributed by atoms with Crippen molar-refractivity contribution in [3.63, 3.8) is 0 Å². The number of carbonyl (C=O) groups is 1. The Balaban J connectivity index is 0.00000220. The van der Waals surface area contributed by atoms with E-state index in [0.29, 0.717) is 30.6 Å². The smallest absolute Gasteiger partial charge is 0.237 e. The van der Waals surface area contributed by atoms with Crippen LogP contribution in [0.25, 0.3) is 0 Å². The molecule has 21 heavy (non-hydrogen) atoms. The van der Waals surface area contributed by atoms with Gasteiger partial charge >= 0.3 is 0 Å². The van der Waals surface area contributed by atoms with Crippen LogP contribution >= 0.6 is 12.4 Å². The number of hydrogen-bond donors (Lipinski definition) is 1. The third-order valence-electron chi connectivity index (χ3n) is 5.09. The van der Waals surface area contributed by atoms with Crippen molar-refractivity contribution in [2.45, 2.75) is 83.5 Å². The van der Waals surface area contributed by atoms with Crippen molar-refractivity contribution in [1.82, 2.24) is 9.80 Å². The fourth-order valence-corrected chi connectivity index (χ4v) is 3.98. The molecule has 4 nitrogen and oxygen atoms in total. The van der Waals surface area contributed by atoms with Gasteiger partial charge in [0.25, 0.3) is 0 Å². The van der Waals surface area contributed by atoms with E-state index in [-0.39, 0.29) is 18.4 Å². The first-order valence-corrected chi connectivity index (χ1v) is 8.31. The molecule has 2 aliphatic heterocycles. The number of likely N-dealkylation sites (tertiary alicyclic amines) is 2. The van der Waals surface area contributed by atoms with Gasteiger partial charge in [0.2, 0.25) is 5.91 Å². The highest BCUT2D eigenvalue weighted by Gasteiger charge is 2.32. The average Bonchev–Trinajstić information content (AvgIpc) is 2.38. The summed E-state index contributed by atoms with van der Waals surface area (Å²) in [5, 5.41) is 0. The first-order chi connectivity index (χ1) is 9.50. The summed E-state index contributed by atoms with van der Waals surface area (Å²) in [6.07, 6.45) is 7.11. The molecule has 4 unspecified atom stereocenters. The lowest BCUT2D eigenvalue weighted by molar-refractivity contribution is -0.139. The second-order valence-corrected chi connectivity index (χ2v) is 6.82. The monoisotopic (exact) mass is 317 g/mol. The van der Waals surface area contributed by atoms with E-state index in [9.17, 15) is 4.79 Å². The van der Waals surface area contributed by atoms with E-state index in [0.717, 1.165) is 25.8 Å². The summed E-state index contributed by atoms with van der Waals surface area (Å²) in [6.45, 7) is 8.02. The molecule has 1 amide bonds. The van der Waals surface area contributed by atoms with Crippen LogP contribution in [0.3, 0.4) is 0 Å². The van der Waals surface area contributed by atoms with Gasteiger partial charge < -0.3 is 10.6 Å². The molecule has 0 radical (unpaired) electrons. The molecule has 0 bridgehead atoms. The number of amides is 1. The molecule has 2 aliphatic rings. The van der Waals surface area contributed by atoms with Gasteiger partial charge in [-0.05, 0) is 59.4 Å². The molecule has 0 aliphatic carbocycles. The lowest BCUT2D eigenvalue weighted by atomic mass is 9.95. The molecule has 2 heterocycles. The van der Waals surface area contributed by atoms with Crippen molar-refractivity contribution in [2.75, 3.05) is 13.1 Å². The molecule has 2 N–H and O–H groups in total. The number of hydrogen-bond acceptors (Lipinski definition) is 3. The Bertz CT molecular complexity index is 327. The van der Waals surface area contributed by atoms with Crippen LogP contribution in [0.1, 0.15) is 59.3 Å². The Morgan fingerprint density at radius 1 is 1.14 bits per heavy atom. The van der Waals surface area contributed by atoms with Gasteiger partial charge in [-0.3, -0.25) is 9.69 Å². The van der Waals surface area contributed by atoms with E-state index in [1.165, 1.54) is 19.3 Å². The van der Waals surface area contributed by atoms with Crippen LogP contribution < -0.4 is 5.73 Å². The summed E-state index contributed by atoms with van der Waals surface area (Å²) in [4.78, 5) is 17.1. The van der Waals surface area contributed by atoms with Crippen LogP contribution in [0, 0.1) is 0 Å². The van der Waals surface area contributed by atoms with Crippen LogP contribution in [-0.4, -0.2) is 53.0 Å². The zero-order chi connectivity index (χ0) is 14.7. The maximum Gasteiger partial charge on any atom is 0.237 e. The molecule has 124 valence electrons. The van der Waals surface area contributed by atoms with Crippen molar-refractivity contribution >= 4 is 18.3 Å². The number of nitrogens with two attached hydrogens (primary N) is 1. The van der Waals surface area contributed by atoms with Gasteiger partial charge in [-0.1, -0.05) is 6.42 Å². The largest absolute Gasteiger partial charge is 0.336 e. The minimum absolute atomic E-state index is 0. The molecular weight excluding hydrogens is 286 g/mol. The second kappa shape index (κ2) is 8.35. The summed E-state index contributed by atoms with van der Waals surface area (Å²) >= 11 is 0. The Labute approximate surface area is 135 Å². The molecule has 2 rings (SSSR count). The molecule has 0 aromatic rings. The zero-order valence-corrected chi connectivity index (χ0v) is 14.6. The van der Waals surface area contributed by atoms with Crippen LogP contribution in [0.2, 0.25) is 0 Å². The van der Waals surface area contributed by atoms with Crippen LogP contribution in [0.15, 0.2) is 0 Å². The van der Waals surface area contributed by atoms with Crippen molar-refractivity contribution in [3.05, 3.63) is 0 Å². The molecule has 2 fully saturated rings. The second-order valence-electron chi connectivity index (χ2n) is 6.82. The topological polar surface area (TPSA) is 49.6 Å². The molecule has 4 atom stereocenters. The standard InChI is InChI=1S/C16H31N3O.ClH/c1-12-7-6-8-13(2)19(12)16(20)11-18-10-5-4-9-15(18)14(3)17;/h12-15H,4-11,17H2,1-3H3;1H. The molecule has 2 saturated heterocycles. The van der Waals surface area contributed by atoms with Crippen molar-refractivity contribution in [1.29, 1.82) is 0 Å². The van der Waals surface area contributed by atoms with Crippen LogP contribution in [0.5, 0.6) is 0 Å². The van der Waals surface area contributed by atoms with Gasteiger partial charge in [-0.15, -0.1) is 12.4 Å². The third kappa shape index (κ3) is 4.57. The number of carbonyl (C=O) groups excluding carboxylic acids is 1. The normalized spacial score (nSPS) is 32.4. The van der Waals surface area contributed by atoms with Crippen LogP contribution in [0.4, 0.5) is 0 Å².